The predicted octanol–water partition coefficient (Wildman–Crippen LogP) is 4.48. The maximum absolute atomic E-state index is 2.48. The van der Waals surface area contributed by atoms with E-state index >= 15 is 0 Å². The number of rotatable bonds is 1. The van der Waals surface area contributed by atoms with Gasteiger partial charge < -0.3 is 4.90 Å². The minimum absolute atomic E-state index is 0. The van der Waals surface area contributed by atoms with Crippen LogP contribution in [0.5, 0.6) is 0 Å². The van der Waals surface area contributed by atoms with Gasteiger partial charge in [-0.3, -0.25) is 0 Å². The van der Waals surface area contributed by atoms with Gasteiger partial charge in [0.1, 0.15) is 0 Å². The molecule has 3 rings (SSSR count). The highest BCUT2D eigenvalue weighted by Crippen LogP contribution is 2.23. The highest BCUT2D eigenvalue weighted by Gasteiger charge is 2.13. The molecule has 0 fully saturated rings. The molecule has 1 heterocycles. The SMILES string of the molecule is Cl.Cl.c1ccc(N2CCCc3ccccc3C2)cc1. The summed E-state index contributed by atoms with van der Waals surface area (Å²) in [6.07, 6.45) is 2.45. The molecule has 0 saturated carbocycles. The highest BCUT2D eigenvalue weighted by atomic mass is 35.5. The molecule has 0 atom stereocenters. The second-order valence-electron chi connectivity index (χ2n) is 4.63. The molecule has 3 heteroatoms. The molecular formula is C16H19Cl2N. The fourth-order valence-corrected chi connectivity index (χ4v) is 2.56. The Hall–Kier alpha value is -1.18. The number of para-hydroxylation sites is 1. The molecule has 2 aromatic carbocycles. The third-order valence-corrected chi connectivity index (χ3v) is 3.48. The van der Waals surface area contributed by atoms with Gasteiger partial charge in [-0.25, -0.2) is 0 Å². The van der Waals surface area contributed by atoms with E-state index < -0.39 is 0 Å². The summed E-state index contributed by atoms with van der Waals surface area (Å²) in [5.74, 6) is 0. The van der Waals surface area contributed by atoms with Crippen LogP contribution >= 0.6 is 24.8 Å². The zero-order chi connectivity index (χ0) is 11.5. The van der Waals surface area contributed by atoms with Crippen LogP contribution in [0.3, 0.4) is 0 Å². The van der Waals surface area contributed by atoms with Crippen molar-refractivity contribution in [3.05, 3.63) is 65.7 Å². The van der Waals surface area contributed by atoms with E-state index in [1.165, 1.54) is 29.7 Å². The molecule has 0 aliphatic carbocycles. The summed E-state index contributed by atoms with van der Waals surface area (Å²) in [5.41, 5.74) is 4.34. The Morgan fingerprint density at radius 3 is 2.11 bits per heavy atom. The second kappa shape index (κ2) is 7.42. The van der Waals surface area contributed by atoms with Crippen LogP contribution in [-0.2, 0) is 13.0 Å². The Morgan fingerprint density at radius 2 is 1.37 bits per heavy atom. The lowest BCUT2D eigenvalue weighted by Gasteiger charge is -2.23. The van der Waals surface area contributed by atoms with Gasteiger partial charge in [0, 0.05) is 18.8 Å². The molecule has 0 N–H and O–H groups in total. The number of hydrogen-bond acceptors (Lipinski definition) is 1. The van der Waals surface area contributed by atoms with Gasteiger partial charge in [-0.15, -0.1) is 24.8 Å². The molecule has 0 unspecified atom stereocenters. The van der Waals surface area contributed by atoms with Crippen LogP contribution in [0, 0.1) is 0 Å². The fourth-order valence-electron chi connectivity index (χ4n) is 2.56. The number of benzene rings is 2. The monoisotopic (exact) mass is 295 g/mol. The molecule has 102 valence electrons. The van der Waals surface area contributed by atoms with Crippen LogP contribution in [0.4, 0.5) is 5.69 Å². The average Bonchev–Trinajstić information content (AvgIpc) is 2.62. The van der Waals surface area contributed by atoms with Crippen LogP contribution in [-0.4, -0.2) is 6.54 Å². The molecule has 2 aromatic rings. The molecule has 1 aliphatic heterocycles. The van der Waals surface area contributed by atoms with Crippen molar-refractivity contribution in [1.29, 1.82) is 0 Å². The zero-order valence-corrected chi connectivity index (χ0v) is 12.4. The lowest BCUT2D eigenvalue weighted by atomic mass is 10.0. The highest BCUT2D eigenvalue weighted by molar-refractivity contribution is 5.85. The molecule has 1 nitrogen and oxygen atoms in total. The van der Waals surface area contributed by atoms with Gasteiger partial charge in [-0.2, -0.15) is 0 Å². The molecular weight excluding hydrogens is 277 g/mol. The van der Waals surface area contributed by atoms with E-state index in [1.807, 2.05) is 0 Å². The van der Waals surface area contributed by atoms with Gasteiger partial charge in [-0.1, -0.05) is 42.5 Å². The largest absolute Gasteiger partial charge is 0.367 e. The van der Waals surface area contributed by atoms with E-state index in [1.54, 1.807) is 0 Å². The van der Waals surface area contributed by atoms with Crippen LogP contribution in [0.2, 0.25) is 0 Å². The van der Waals surface area contributed by atoms with Crippen LogP contribution in [0.1, 0.15) is 17.5 Å². The Morgan fingerprint density at radius 1 is 0.737 bits per heavy atom. The van der Waals surface area contributed by atoms with Gasteiger partial charge >= 0.3 is 0 Å². The van der Waals surface area contributed by atoms with Crippen molar-refractivity contribution in [2.45, 2.75) is 19.4 Å². The number of fused-ring (bicyclic) bond motifs is 1. The van der Waals surface area contributed by atoms with Crippen molar-refractivity contribution >= 4 is 30.5 Å². The molecule has 0 saturated heterocycles. The third-order valence-electron chi connectivity index (χ3n) is 3.48. The molecule has 19 heavy (non-hydrogen) atoms. The smallest absolute Gasteiger partial charge is 0.0432 e. The number of hydrogen-bond donors (Lipinski definition) is 0. The number of nitrogens with zero attached hydrogens (tertiary/aromatic N) is 1. The van der Waals surface area contributed by atoms with E-state index in [2.05, 4.69) is 59.5 Å². The summed E-state index contributed by atoms with van der Waals surface area (Å²) in [5, 5.41) is 0. The lowest BCUT2D eigenvalue weighted by Crippen LogP contribution is -2.22. The fraction of sp³-hybridized carbons (Fsp3) is 0.250. The topological polar surface area (TPSA) is 3.24 Å². The molecule has 0 aromatic heterocycles. The Balaban J connectivity index is 0.000000902. The van der Waals surface area contributed by atoms with Crippen LogP contribution in [0.25, 0.3) is 0 Å². The first-order valence-corrected chi connectivity index (χ1v) is 6.30. The van der Waals surface area contributed by atoms with Gasteiger partial charge in [0.05, 0.1) is 0 Å². The normalized spacial score (nSPS) is 13.6. The second-order valence-corrected chi connectivity index (χ2v) is 4.63. The van der Waals surface area contributed by atoms with Gasteiger partial charge in [0.15, 0.2) is 0 Å². The standard InChI is InChI=1S/C16H17N.2ClH/c1-2-10-16(11-3-1)17-12-6-9-14-7-4-5-8-15(14)13-17;;/h1-5,7-8,10-11H,6,9,12-13H2;2*1H. The number of halogens is 2. The van der Waals surface area contributed by atoms with Gasteiger partial charge in [-0.05, 0) is 36.1 Å². The summed E-state index contributed by atoms with van der Waals surface area (Å²) in [7, 11) is 0. The number of aryl methyl sites for hydroxylation is 1. The first-order chi connectivity index (χ1) is 8.43. The molecule has 0 amide bonds. The van der Waals surface area contributed by atoms with E-state index in [4.69, 9.17) is 0 Å². The first kappa shape index (κ1) is 15.9. The Labute approximate surface area is 127 Å². The maximum atomic E-state index is 2.48. The summed E-state index contributed by atoms with van der Waals surface area (Å²) < 4.78 is 0. The average molecular weight is 296 g/mol. The number of anilines is 1. The van der Waals surface area contributed by atoms with Crippen molar-refractivity contribution in [2.24, 2.45) is 0 Å². The summed E-state index contributed by atoms with van der Waals surface area (Å²) >= 11 is 0. The van der Waals surface area contributed by atoms with Gasteiger partial charge in [0.25, 0.3) is 0 Å². The van der Waals surface area contributed by atoms with Crippen molar-refractivity contribution in [3.8, 4) is 0 Å². The van der Waals surface area contributed by atoms with Gasteiger partial charge in [0.2, 0.25) is 0 Å². The Kier molecular flexibility index (Phi) is 6.20. The van der Waals surface area contributed by atoms with Crippen LogP contribution in [0.15, 0.2) is 54.6 Å². The van der Waals surface area contributed by atoms with Crippen molar-refractivity contribution in [1.82, 2.24) is 0 Å². The minimum atomic E-state index is 0. The van der Waals surface area contributed by atoms with Crippen molar-refractivity contribution in [2.75, 3.05) is 11.4 Å². The summed E-state index contributed by atoms with van der Waals surface area (Å²) in [6.45, 7) is 2.19. The zero-order valence-electron chi connectivity index (χ0n) is 10.8. The maximum Gasteiger partial charge on any atom is 0.0432 e. The predicted molar refractivity (Wildman–Crippen MR) is 86.8 cm³/mol. The van der Waals surface area contributed by atoms with Crippen molar-refractivity contribution in [3.63, 3.8) is 0 Å². The van der Waals surface area contributed by atoms with E-state index in [0.29, 0.717) is 0 Å². The quantitative estimate of drug-likeness (QED) is 0.750. The first-order valence-electron chi connectivity index (χ1n) is 6.30. The minimum Gasteiger partial charge on any atom is -0.367 e. The van der Waals surface area contributed by atoms with Crippen LogP contribution < -0.4 is 4.90 Å². The van der Waals surface area contributed by atoms with E-state index in [9.17, 15) is 0 Å². The molecule has 0 radical (unpaired) electrons. The van der Waals surface area contributed by atoms with E-state index in [0.717, 1.165) is 13.1 Å². The van der Waals surface area contributed by atoms with E-state index in [-0.39, 0.29) is 24.8 Å². The summed E-state index contributed by atoms with van der Waals surface area (Å²) in [4.78, 5) is 2.48. The lowest BCUT2D eigenvalue weighted by molar-refractivity contribution is 0.766. The summed E-state index contributed by atoms with van der Waals surface area (Å²) in [6, 6.07) is 19.5. The molecule has 1 aliphatic rings. The van der Waals surface area contributed by atoms with Crippen molar-refractivity contribution < 1.29 is 0 Å². The Bertz CT molecular complexity index is 499. The molecule has 0 spiro atoms. The molecule has 0 bridgehead atoms. The third kappa shape index (κ3) is 3.65.